The minimum atomic E-state index is 0.219. The minimum Gasteiger partial charge on any atom is -0.164 e. The van der Waals surface area contributed by atoms with Crippen molar-refractivity contribution in [1.29, 1.82) is 0 Å². The van der Waals surface area contributed by atoms with Crippen LogP contribution in [0, 0.1) is 5.41 Å². The first-order chi connectivity index (χ1) is 11.4. The van der Waals surface area contributed by atoms with Gasteiger partial charge in [-0.2, -0.15) is 4.80 Å². The summed E-state index contributed by atoms with van der Waals surface area (Å²) in [5.41, 5.74) is 4.80. The zero-order chi connectivity index (χ0) is 17.3. The molecule has 0 N–H and O–H groups in total. The summed E-state index contributed by atoms with van der Waals surface area (Å²) in [4.78, 5) is 1.67. The summed E-state index contributed by atoms with van der Waals surface area (Å²) < 4.78 is 0. The Labute approximate surface area is 145 Å². The molecule has 0 amide bonds. The van der Waals surface area contributed by atoms with Crippen molar-refractivity contribution < 1.29 is 0 Å². The first-order valence-corrected chi connectivity index (χ1v) is 9.28. The van der Waals surface area contributed by atoms with Crippen LogP contribution in [0.4, 0.5) is 0 Å². The fourth-order valence-corrected chi connectivity index (χ4v) is 3.93. The predicted molar refractivity (Wildman–Crippen MR) is 97.2 cm³/mol. The van der Waals surface area contributed by atoms with E-state index in [1.807, 2.05) is 6.92 Å². The summed E-state index contributed by atoms with van der Waals surface area (Å²) in [6.45, 7) is 12.2. The first-order valence-electron chi connectivity index (χ1n) is 9.28. The van der Waals surface area contributed by atoms with Gasteiger partial charge in [-0.3, -0.25) is 0 Å². The van der Waals surface area contributed by atoms with E-state index in [1.165, 1.54) is 18.4 Å². The molecular formula is C20H30N4. The van der Waals surface area contributed by atoms with E-state index in [1.54, 1.807) is 15.9 Å². The molecule has 1 aromatic carbocycles. The number of rotatable bonds is 5. The molecule has 2 aromatic rings. The Hall–Kier alpha value is -1.71. The van der Waals surface area contributed by atoms with Crippen molar-refractivity contribution in [1.82, 2.24) is 20.2 Å². The monoisotopic (exact) mass is 326 g/mol. The molecule has 1 aliphatic carbocycles. The van der Waals surface area contributed by atoms with Crippen LogP contribution >= 0.6 is 0 Å². The Balaban J connectivity index is 1.81. The highest BCUT2D eigenvalue weighted by molar-refractivity contribution is 5.39. The van der Waals surface area contributed by atoms with E-state index in [2.05, 4.69) is 61.3 Å². The molecule has 0 spiro atoms. The molecule has 1 heterocycles. The standard InChI is InChI=1S/C20H30N4/c1-6-24-22-19(21-23-24)12-11-18(20(3,4)5)16-10-9-15-8-7-14(2)17(15)13-16/h9-10,13-14,18H,6-8,11-12H2,1-5H3. The van der Waals surface area contributed by atoms with Crippen molar-refractivity contribution >= 4 is 0 Å². The molecule has 24 heavy (non-hydrogen) atoms. The van der Waals surface area contributed by atoms with Gasteiger partial charge in [0.25, 0.3) is 0 Å². The molecule has 1 aromatic heterocycles. The first kappa shape index (κ1) is 17.1. The van der Waals surface area contributed by atoms with Gasteiger partial charge in [-0.1, -0.05) is 45.9 Å². The molecule has 2 atom stereocenters. The molecule has 0 bridgehead atoms. The Morgan fingerprint density at radius 2 is 2.08 bits per heavy atom. The van der Waals surface area contributed by atoms with Crippen LogP contribution in [-0.2, 0) is 19.4 Å². The van der Waals surface area contributed by atoms with Crippen molar-refractivity contribution in [2.45, 2.75) is 78.7 Å². The summed E-state index contributed by atoms with van der Waals surface area (Å²) in [5.74, 6) is 2.07. The van der Waals surface area contributed by atoms with Gasteiger partial charge in [0.15, 0.2) is 5.82 Å². The average Bonchev–Trinajstić information content (AvgIpc) is 3.13. The van der Waals surface area contributed by atoms with Crippen LogP contribution in [0.5, 0.6) is 0 Å². The second-order valence-electron chi connectivity index (χ2n) is 8.25. The lowest BCUT2D eigenvalue weighted by molar-refractivity contribution is 0.303. The van der Waals surface area contributed by atoms with Gasteiger partial charge in [-0.25, -0.2) is 0 Å². The number of hydrogen-bond acceptors (Lipinski definition) is 3. The molecule has 130 valence electrons. The number of nitrogens with zero attached hydrogens (tertiary/aromatic N) is 4. The predicted octanol–water partition coefficient (Wildman–Crippen LogP) is 4.51. The zero-order valence-electron chi connectivity index (χ0n) is 15.7. The Bertz CT molecular complexity index is 696. The molecule has 2 unspecified atom stereocenters. The number of aryl methyl sites for hydroxylation is 3. The number of tetrazole rings is 1. The summed E-state index contributed by atoms with van der Waals surface area (Å²) in [6, 6.07) is 7.18. The molecule has 1 aliphatic rings. The van der Waals surface area contributed by atoms with E-state index < -0.39 is 0 Å². The third-order valence-corrected chi connectivity index (χ3v) is 5.43. The van der Waals surface area contributed by atoms with Gasteiger partial charge >= 0.3 is 0 Å². The topological polar surface area (TPSA) is 43.6 Å². The van der Waals surface area contributed by atoms with Crippen molar-refractivity contribution in [2.75, 3.05) is 0 Å². The van der Waals surface area contributed by atoms with Gasteiger partial charge in [0.05, 0.1) is 6.54 Å². The summed E-state index contributed by atoms with van der Waals surface area (Å²) in [6.07, 6.45) is 4.48. The largest absolute Gasteiger partial charge is 0.174 e. The van der Waals surface area contributed by atoms with Crippen LogP contribution in [0.1, 0.15) is 81.8 Å². The molecule has 0 aliphatic heterocycles. The van der Waals surface area contributed by atoms with Crippen LogP contribution in [0.2, 0.25) is 0 Å². The lowest BCUT2D eigenvalue weighted by atomic mass is 9.73. The van der Waals surface area contributed by atoms with Crippen molar-refractivity contribution in [3.8, 4) is 0 Å². The summed E-state index contributed by atoms with van der Waals surface area (Å²) >= 11 is 0. The highest BCUT2D eigenvalue weighted by Crippen LogP contribution is 2.41. The van der Waals surface area contributed by atoms with Gasteiger partial charge in [-0.15, -0.1) is 10.2 Å². The third-order valence-electron chi connectivity index (χ3n) is 5.43. The van der Waals surface area contributed by atoms with Crippen molar-refractivity contribution in [2.24, 2.45) is 5.41 Å². The van der Waals surface area contributed by atoms with E-state index in [4.69, 9.17) is 0 Å². The normalized spacial score (nSPS) is 18.6. The maximum Gasteiger partial charge on any atom is 0.174 e. The third kappa shape index (κ3) is 3.52. The number of benzene rings is 1. The summed E-state index contributed by atoms with van der Waals surface area (Å²) in [5, 5.41) is 12.7. The smallest absolute Gasteiger partial charge is 0.164 e. The molecule has 0 saturated heterocycles. The van der Waals surface area contributed by atoms with E-state index in [9.17, 15) is 0 Å². The maximum atomic E-state index is 4.44. The van der Waals surface area contributed by atoms with Crippen LogP contribution in [0.25, 0.3) is 0 Å². The second kappa shape index (κ2) is 6.66. The van der Waals surface area contributed by atoms with Crippen molar-refractivity contribution in [3.63, 3.8) is 0 Å². The molecule has 0 radical (unpaired) electrons. The number of aromatic nitrogens is 4. The van der Waals surface area contributed by atoms with Crippen molar-refractivity contribution in [3.05, 3.63) is 40.7 Å². The zero-order valence-corrected chi connectivity index (χ0v) is 15.7. The Morgan fingerprint density at radius 1 is 1.29 bits per heavy atom. The number of hydrogen-bond donors (Lipinski definition) is 0. The molecular weight excluding hydrogens is 296 g/mol. The lowest BCUT2D eigenvalue weighted by Crippen LogP contribution is -2.20. The van der Waals surface area contributed by atoms with Gasteiger partial charge in [-0.05, 0) is 65.3 Å². The minimum absolute atomic E-state index is 0.219. The van der Waals surface area contributed by atoms with Crippen LogP contribution < -0.4 is 0 Å². The Kier molecular flexibility index (Phi) is 4.75. The maximum absolute atomic E-state index is 4.44. The quantitative estimate of drug-likeness (QED) is 0.812. The van der Waals surface area contributed by atoms with Gasteiger partial charge in [0.2, 0.25) is 0 Å². The fourth-order valence-electron chi connectivity index (χ4n) is 3.93. The van der Waals surface area contributed by atoms with E-state index >= 15 is 0 Å². The molecule has 0 fully saturated rings. The van der Waals surface area contributed by atoms with Crippen LogP contribution in [0.15, 0.2) is 18.2 Å². The number of fused-ring (bicyclic) bond motifs is 1. The van der Waals surface area contributed by atoms with Gasteiger partial charge in [0, 0.05) is 6.42 Å². The van der Waals surface area contributed by atoms with Gasteiger partial charge in [0.1, 0.15) is 0 Å². The second-order valence-corrected chi connectivity index (χ2v) is 8.25. The molecule has 0 saturated carbocycles. The van der Waals surface area contributed by atoms with E-state index in [0.29, 0.717) is 11.8 Å². The molecule has 4 nitrogen and oxygen atoms in total. The highest BCUT2D eigenvalue weighted by Gasteiger charge is 2.28. The van der Waals surface area contributed by atoms with Crippen LogP contribution in [-0.4, -0.2) is 20.2 Å². The van der Waals surface area contributed by atoms with E-state index in [-0.39, 0.29) is 5.41 Å². The Morgan fingerprint density at radius 3 is 2.75 bits per heavy atom. The molecule has 3 rings (SSSR count). The fraction of sp³-hybridized carbons (Fsp3) is 0.650. The SMILES string of the molecule is CCn1nnc(CCC(c2ccc3c(c2)C(C)CC3)C(C)(C)C)n1. The molecule has 4 heteroatoms. The summed E-state index contributed by atoms with van der Waals surface area (Å²) in [7, 11) is 0. The highest BCUT2D eigenvalue weighted by atomic mass is 15.6. The van der Waals surface area contributed by atoms with E-state index in [0.717, 1.165) is 25.2 Å². The van der Waals surface area contributed by atoms with Gasteiger partial charge < -0.3 is 0 Å². The van der Waals surface area contributed by atoms with Crippen LogP contribution in [0.3, 0.4) is 0 Å². The lowest BCUT2D eigenvalue weighted by Gasteiger charge is -2.31. The average molecular weight is 326 g/mol.